The minimum atomic E-state index is 0.374. The first-order chi connectivity index (χ1) is 4.93. The van der Waals surface area contributed by atoms with E-state index in [4.69, 9.17) is 11.2 Å². The normalized spacial score (nSPS) is 15.1. The van der Waals surface area contributed by atoms with E-state index in [1.54, 1.807) is 0 Å². The van der Waals surface area contributed by atoms with Crippen molar-refractivity contribution in [2.24, 2.45) is 5.92 Å². The first kappa shape index (κ1) is 7.19. The predicted molar refractivity (Wildman–Crippen MR) is 40.2 cm³/mol. The molecule has 0 aromatic carbocycles. The van der Waals surface area contributed by atoms with Crippen molar-refractivity contribution in [1.82, 2.24) is 0 Å². The Bertz CT molecular complexity index is 185. The maximum Gasteiger partial charge on any atom is 0.109 e. The van der Waals surface area contributed by atoms with E-state index in [2.05, 4.69) is 17.8 Å². The first-order valence-corrected chi connectivity index (χ1v) is 3.43. The van der Waals surface area contributed by atoms with Crippen molar-refractivity contribution in [3.8, 4) is 24.2 Å². The smallest absolute Gasteiger partial charge is 0.109 e. The third-order valence-corrected chi connectivity index (χ3v) is 1.24. The first-order valence-electron chi connectivity index (χ1n) is 3.43. The average molecular weight is 134 g/mol. The molecular formula is C9H10O. The van der Waals surface area contributed by atoms with Crippen molar-refractivity contribution >= 4 is 0 Å². The Morgan fingerprint density at radius 2 is 2.20 bits per heavy atom. The quantitative estimate of drug-likeness (QED) is 0.405. The number of rotatable bonds is 2. The van der Waals surface area contributed by atoms with Crippen molar-refractivity contribution < 1.29 is 4.74 Å². The zero-order valence-corrected chi connectivity index (χ0v) is 5.89. The van der Waals surface area contributed by atoms with Crippen LogP contribution in [0.1, 0.15) is 12.8 Å². The molecule has 0 N–H and O–H groups in total. The lowest BCUT2D eigenvalue weighted by atomic mass is 10.4. The summed E-state index contributed by atoms with van der Waals surface area (Å²) < 4.78 is 4.95. The predicted octanol–water partition coefficient (Wildman–Crippen LogP) is 1.05. The van der Waals surface area contributed by atoms with Gasteiger partial charge in [0.05, 0.1) is 0 Å². The molecule has 1 rings (SSSR count). The third kappa shape index (κ3) is 3.17. The summed E-state index contributed by atoms with van der Waals surface area (Å²) in [6.07, 6.45) is 7.49. The Labute approximate surface area is 61.8 Å². The molecule has 0 heterocycles. The van der Waals surface area contributed by atoms with E-state index >= 15 is 0 Å². The van der Waals surface area contributed by atoms with Gasteiger partial charge in [-0.05, 0) is 12.8 Å². The zero-order chi connectivity index (χ0) is 7.23. The molecule has 10 heavy (non-hydrogen) atoms. The highest BCUT2D eigenvalue weighted by atomic mass is 16.5. The van der Waals surface area contributed by atoms with Crippen LogP contribution < -0.4 is 0 Å². The van der Waals surface area contributed by atoms with Gasteiger partial charge < -0.3 is 4.74 Å². The van der Waals surface area contributed by atoms with E-state index in [0.717, 1.165) is 0 Å². The molecule has 0 aromatic rings. The highest BCUT2D eigenvalue weighted by Crippen LogP contribution is 2.27. The summed E-state index contributed by atoms with van der Waals surface area (Å²) in [5, 5.41) is 0. The fourth-order valence-corrected chi connectivity index (χ4v) is 0.575. The Morgan fingerprint density at radius 3 is 2.80 bits per heavy atom. The molecule has 0 amide bonds. The summed E-state index contributed by atoms with van der Waals surface area (Å²) >= 11 is 0. The SMILES string of the molecule is C#CCOCC#CC1CC1. The van der Waals surface area contributed by atoms with Crippen molar-refractivity contribution in [2.75, 3.05) is 13.2 Å². The maximum absolute atomic E-state index is 4.96. The van der Waals surface area contributed by atoms with Gasteiger partial charge in [0.15, 0.2) is 0 Å². The summed E-state index contributed by atoms with van der Waals surface area (Å²) in [4.78, 5) is 0. The van der Waals surface area contributed by atoms with Crippen LogP contribution in [-0.4, -0.2) is 13.2 Å². The van der Waals surface area contributed by atoms with Crippen molar-refractivity contribution in [2.45, 2.75) is 12.8 Å². The van der Waals surface area contributed by atoms with Gasteiger partial charge in [0.1, 0.15) is 13.2 Å². The van der Waals surface area contributed by atoms with E-state index in [9.17, 15) is 0 Å². The van der Waals surface area contributed by atoms with Gasteiger partial charge in [0.2, 0.25) is 0 Å². The fourth-order valence-electron chi connectivity index (χ4n) is 0.575. The minimum Gasteiger partial charge on any atom is -0.356 e. The molecule has 0 saturated heterocycles. The molecule has 1 saturated carbocycles. The number of hydrogen-bond donors (Lipinski definition) is 0. The van der Waals surface area contributed by atoms with Crippen molar-refractivity contribution in [1.29, 1.82) is 0 Å². The summed E-state index contributed by atoms with van der Waals surface area (Å²) in [5.74, 6) is 9.03. The molecule has 0 atom stereocenters. The molecule has 1 aliphatic rings. The molecule has 0 aliphatic heterocycles. The Morgan fingerprint density at radius 1 is 1.40 bits per heavy atom. The topological polar surface area (TPSA) is 9.23 Å². The van der Waals surface area contributed by atoms with E-state index < -0.39 is 0 Å². The number of hydrogen-bond acceptors (Lipinski definition) is 1. The standard InChI is InChI=1S/C9H10O/c1-2-7-10-8-3-4-9-5-6-9/h1,9H,5-8H2. The number of ether oxygens (including phenoxy) is 1. The second-order valence-corrected chi connectivity index (χ2v) is 2.29. The van der Waals surface area contributed by atoms with Gasteiger partial charge in [-0.2, -0.15) is 0 Å². The number of terminal acetylenes is 1. The lowest BCUT2D eigenvalue weighted by Gasteiger charge is -1.87. The largest absolute Gasteiger partial charge is 0.356 e. The second-order valence-electron chi connectivity index (χ2n) is 2.29. The van der Waals surface area contributed by atoms with Crippen LogP contribution in [0.15, 0.2) is 0 Å². The van der Waals surface area contributed by atoms with Gasteiger partial charge in [0.25, 0.3) is 0 Å². The summed E-state index contributed by atoms with van der Waals surface area (Å²) in [6.45, 7) is 0.861. The molecule has 1 fully saturated rings. The highest BCUT2D eigenvalue weighted by molar-refractivity contribution is 5.09. The summed E-state index contributed by atoms with van der Waals surface area (Å²) in [5.41, 5.74) is 0. The molecule has 0 aromatic heterocycles. The third-order valence-electron chi connectivity index (χ3n) is 1.24. The lowest BCUT2D eigenvalue weighted by Crippen LogP contribution is -1.90. The van der Waals surface area contributed by atoms with Crippen molar-refractivity contribution in [3.05, 3.63) is 0 Å². The van der Waals surface area contributed by atoms with Gasteiger partial charge in [0, 0.05) is 5.92 Å². The summed E-state index contributed by atoms with van der Waals surface area (Å²) in [7, 11) is 0. The second kappa shape index (κ2) is 3.99. The maximum atomic E-state index is 4.96. The van der Waals surface area contributed by atoms with Crippen LogP contribution >= 0.6 is 0 Å². The van der Waals surface area contributed by atoms with Gasteiger partial charge in [-0.15, -0.1) is 6.42 Å². The van der Waals surface area contributed by atoms with Gasteiger partial charge in [-0.3, -0.25) is 0 Å². The molecule has 0 radical (unpaired) electrons. The van der Waals surface area contributed by atoms with Crippen LogP contribution in [0.3, 0.4) is 0 Å². The van der Waals surface area contributed by atoms with E-state index in [0.29, 0.717) is 19.1 Å². The van der Waals surface area contributed by atoms with E-state index in [-0.39, 0.29) is 0 Å². The van der Waals surface area contributed by atoms with Crippen LogP contribution in [0.5, 0.6) is 0 Å². The van der Waals surface area contributed by atoms with Crippen LogP contribution in [-0.2, 0) is 4.74 Å². The monoisotopic (exact) mass is 134 g/mol. The Hall–Kier alpha value is -0.920. The molecule has 0 spiro atoms. The Balaban J connectivity index is 1.95. The summed E-state index contributed by atoms with van der Waals surface area (Å²) in [6, 6.07) is 0. The molecule has 1 aliphatic carbocycles. The van der Waals surface area contributed by atoms with Gasteiger partial charge in [-0.25, -0.2) is 0 Å². The van der Waals surface area contributed by atoms with Crippen LogP contribution in [0.2, 0.25) is 0 Å². The van der Waals surface area contributed by atoms with Gasteiger partial charge >= 0.3 is 0 Å². The molecular weight excluding hydrogens is 124 g/mol. The molecule has 0 bridgehead atoms. The van der Waals surface area contributed by atoms with E-state index in [1.165, 1.54) is 12.8 Å². The van der Waals surface area contributed by atoms with Crippen LogP contribution in [0.4, 0.5) is 0 Å². The molecule has 0 unspecified atom stereocenters. The molecule has 1 nitrogen and oxygen atoms in total. The fraction of sp³-hybridized carbons (Fsp3) is 0.556. The van der Waals surface area contributed by atoms with Crippen molar-refractivity contribution in [3.63, 3.8) is 0 Å². The average Bonchev–Trinajstić information content (AvgIpc) is 2.71. The highest BCUT2D eigenvalue weighted by Gasteiger charge is 2.17. The molecule has 52 valence electrons. The van der Waals surface area contributed by atoms with Crippen LogP contribution in [0.25, 0.3) is 0 Å². The Kier molecular flexibility index (Phi) is 2.87. The lowest BCUT2D eigenvalue weighted by molar-refractivity contribution is 0.204. The minimum absolute atomic E-state index is 0.374. The molecule has 1 heteroatoms. The van der Waals surface area contributed by atoms with Gasteiger partial charge in [-0.1, -0.05) is 17.8 Å². The zero-order valence-electron chi connectivity index (χ0n) is 5.89. The van der Waals surface area contributed by atoms with Crippen LogP contribution in [0, 0.1) is 30.1 Å². The van der Waals surface area contributed by atoms with E-state index in [1.807, 2.05) is 0 Å².